The van der Waals surface area contributed by atoms with E-state index in [1.165, 1.54) is 20.8 Å². The smallest absolute Gasteiger partial charge is 0.347 e. The van der Waals surface area contributed by atoms with Crippen LogP contribution in [-0.4, -0.2) is 59.9 Å². The number of amides is 1. The summed E-state index contributed by atoms with van der Waals surface area (Å²) in [5.41, 5.74) is 1.12. The fourth-order valence-corrected chi connectivity index (χ4v) is 5.03. The van der Waals surface area contributed by atoms with Gasteiger partial charge in [-0.05, 0) is 51.5 Å². The van der Waals surface area contributed by atoms with Crippen LogP contribution < -0.4 is 5.32 Å². The molecule has 1 amide bonds. The first-order valence-corrected chi connectivity index (χ1v) is 14.5. The van der Waals surface area contributed by atoms with Crippen LogP contribution in [0, 0.1) is 11.8 Å². The summed E-state index contributed by atoms with van der Waals surface area (Å²) in [5, 5.41) is 13.5. The Hall–Kier alpha value is -3.46. The largest absolute Gasteiger partial charge is 0.462 e. The Morgan fingerprint density at radius 3 is 2.44 bits per heavy atom. The van der Waals surface area contributed by atoms with Crippen molar-refractivity contribution in [3.05, 3.63) is 60.2 Å². The molecule has 9 nitrogen and oxygen atoms in total. The second-order valence-electron chi connectivity index (χ2n) is 10.4. The molecule has 1 aromatic carbocycles. The number of carbonyl (C=O) groups is 4. The first-order valence-electron chi connectivity index (χ1n) is 14.5. The molecular formula is C32H45NO8. The number of hydrogen-bond acceptors (Lipinski definition) is 8. The van der Waals surface area contributed by atoms with E-state index in [0.29, 0.717) is 38.6 Å². The number of aryl methyl sites for hydroxylation is 1. The minimum Gasteiger partial charge on any atom is -0.462 e. The van der Waals surface area contributed by atoms with E-state index in [2.05, 4.69) is 5.32 Å². The molecule has 9 heteroatoms. The highest BCUT2D eigenvalue weighted by Gasteiger charge is 2.45. The number of benzene rings is 1. The lowest BCUT2D eigenvalue weighted by molar-refractivity contribution is -0.170. The van der Waals surface area contributed by atoms with E-state index in [1.54, 1.807) is 6.08 Å². The number of hydrogen-bond donors (Lipinski definition) is 2. The average Bonchev–Trinajstić information content (AvgIpc) is 3.22. The standard InChI is InChI=1S/C32H45NO8/c1-5-33-31(37)16-12-7-6-11-15-27-28(20-19-26(36)18-17-25-13-9-8-10-14-25)30(21-29(27)40-24(4)35)41-32(38)22(2)39-23(3)34/h6,8-11,13-14,19-20,22,26-30,36H,5,7,12,15-18,21H2,1-4H3,(H,33,37)/b11-6-,20-19+/t22?,26-,27+,28+,29-,30+/m0/s1. The monoisotopic (exact) mass is 571 g/mol. The van der Waals surface area contributed by atoms with Crippen LogP contribution in [0.25, 0.3) is 0 Å². The molecule has 2 N–H and O–H groups in total. The SMILES string of the molecule is CCNC(=O)CCC/C=C\C[C@@H]1[C@@H](/C=C/[C@@H](O)CCc2ccccc2)[C@H](OC(=O)C(C)OC(C)=O)C[C@@H]1OC(C)=O. The van der Waals surface area contributed by atoms with Gasteiger partial charge in [-0.3, -0.25) is 14.4 Å². The molecular weight excluding hydrogens is 526 g/mol. The van der Waals surface area contributed by atoms with Crippen molar-refractivity contribution < 1.29 is 38.5 Å². The van der Waals surface area contributed by atoms with E-state index in [-0.39, 0.29) is 24.2 Å². The molecule has 0 saturated heterocycles. The summed E-state index contributed by atoms with van der Waals surface area (Å²) < 4.78 is 16.4. The van der Waals surface area contributed by atoms with Crippen LogP contribution in [0.4, 0.5) is 0 Å². The molecule has 41 heavy (non-hydrogen) atoms. The topological polar surface area (TPSA) is 128 Å². The summed E-state index contributed by atoms with van der Waals surface area (Å²) in [7, 11) is 0. The predicted octanol–water partition coefficient (Wildman–Crippen LogP) is 4.22. The zero-order chi connectivity index (χ0) is 30.2. The number of unbranched alkanes of at least 4 members (excludes halogenated alkanes) is 1. The Bertz CT molecular complexity index is 1040. The lowest BCUT2D eigenvalue weighted by Gasteiger charge is -2.24. The normalized spacial score (nSPS) is 21.9. The molecule has 226 valence electrons. The first-order chi connectivity index (χ1) is 19.6. The summed E-state index contributed by atoms with van der Waals surface area (Å²) in [5.74, 6) is -2.24. The molecule has 0 spiro atoms. The quantitative estimate of drug-likeness (QED) is 0.131. The molecule has 2 rings (SSSR count). The van der Waals surface area contributed by atoms with Crippen LogP contribution in [0.1, 0.15) is 71.8 Å². The average molecular weight is 572 g/mol. The maximum Gasteiger partial charge on any atom is 0.347 e. The Kier molecular flexibility index (Phi) is 14.9. The molecule has 0 aliphatic heterocycles. The fourth-order valence-electron chi connectivity index (χ4n) is 5.03. The van der Waals surface area contributed by atoms with Crippen LogP contribution in [-0.2, 0) is 39.8 Å². The maximum absolute atomic E-state index is 12.7. The molecule has 0 heterocycles. The third-order valence-corrected chi connectivity index (χ3v) is 6.98. The molecule has 1 fully saturated rings. The number of rotatable bonds is 16. The van der Waals surface area contributed by atoms with Gasteiger partial charge in [0, 0.05) is 45.1 Å². The van der Waals surface area contributed by atoms with Crippen molar-refractivity contribution in [2.45, 2.75) is 97.1 Å². The summed E-state index contributed by atoms with van der Waals surface area (Å²) in [6, 6.07) is 9.88. The van der Waals surface area contributed by atoms with Crippen molar-refractivity contribution in [1.29, 1.82) is 0 Å². The number of carbonyl (C=O) groups excluding carboxylic acids is 4. The maximum atomic E-state index is 12.7. The van der Waals surface area contributed by atoms with Gasteiger partial charge in [0.15, 0.2) is 6.10 Å². The molecule has 1 aliphatic rings. The van der Waals surface area contributed by atoms with E-state index < -0.39 is 42.3 Å². The highest BCUT2D eigenvalue weighted by molar-refractivity contribution is 5.78. The number of aliphatic hydroxyl groups is 1. The van der Waals surface area contributed by atoms with Crippen molar-refractivity contribution in [1.82, 2.24) is 5.32 Å². The third kappa shape index (κ3) is 12.7. The summed E-state index contributed by atoms with van der Waals surface area (Å²) >= 11 is 0. The van der Waals surface area contributed by atoms with Gasteiger partial charge in [-0.25, -0.2) is 4.79 Å². The van der Waals surface area contributed by atoms with Crippen molar-refractivity contribution in [3.63, 3.8) is 0 Å². The van der Waals surface area contributed by atoms with E-state index in [1.807, 2.05) is 55.5 Å². The van der Waals surface area contributed by atoms with Crippen LogP contribution in [0.3, 0.4) is 0 Å². The Morgan fingerprint density at radius 2 is 1.78 bits per heavy atom. The van der Waals surface area contributed by atoms with Crippen LogP contribution >= 0.6 is 0 Å². The first kappa shape index (κ1) is 33.7. The van der Waals surface area contributed by atoms with E-state index >= 15 is 0 Å². The van der Waals surface area contributed by atoms with Gasteiger partial charge < -0.3 is 24.6 Å². The number of allylic oxidation sites excluding steroid dienone is 2. The highest BCUT2D eigenvalue weighted by atomic mass is 16.6. The van der Waals surface area contributed by atoms with Crippen molar-refractivity contribution >= 4 is 23.8 Å². The third-order valence-electron chi connectivity index (χ3n) is 6.98. The van der Waals surface area contributed by atoms with Gasteiger partial charge in [-0.2, -0.15) is 0 Å². The van der Waals surface area contributed by atoms with E-state index in [4.69, 9.17) is 14.2 Å². The Labute approximate surface area is 243 Å². The number of ether oxygens (including phenoxy) is 3. The molecule has 1 unspecified atom stereocenters. The molecule has 0 aromatic heterocycles. The van der Waals surface area contributed by atoms with Crippen molar-refractivity contribution in [2.24, 2.45) is 11.8 Å². The van der Waals surface area contributed by atoms with Gasteiger partial charge in [0.2, 0.25) is 5.91 Å². The molecule has 0 bridgehead atoms. The number of nitrogens with one attached hydrogen (secondary N) is 1. The Morgan fingerprint density at radius 1 is 1.05 bits per heavy atom. The van der Waals surface area contributed by atoms with Crippen molar-refractivity contribution in [2.75, 3.05) is 6.54 Å². The fraction of sp³-hybridized carbons (Fsp3) is 0.562. The summed E-state index contributed by atoms with van der Waals surface area (Å²) in [4.78, 5) is 47.7. The lowest BCUT2D eigenvalue weighted by atomic mass is 9.89. The lowest BCUT2D eigenvalue weighted by Crippen LogP contribution is -2.31. The van der Waals surface area contributed by atoms with Gasteiger partial charge in [0.25, 0.3) is 0 Å². The Balaban J connectivity index is 2.16. The van der Waals surface area contributed by atoms with Gasteiger partial charge >= 0.3 is 17.9 Å². The molecule has 1 saturated carbocycles. The van der Waals surface area contributed by atoms with Crippen molar-refractivity contribution in [3.8, 4) is 0 Å². The zero-order valence-corrected chi connectivity index (χ0v) is 24.6. The van der Waals surface area contributed by atoms with Gasteiger partial charge in [0.1, 0.15) is 12.2 Å². The highest BCUT2D eigenvalue weighted by Crippen LogP contribution is 2.40. The molecule has 0 radical (unpaired) electrons. The van der Waals surface area contributed by atoms with Gasteiger partial charge in [-0.15, -0.1) is 0 Å². The predicted molar refractivity (Wildman–Crippen MR) is 154 cm³/mol. The molecule has 6 atom stereocenters. The van der Waals surface area contributed by atoms with Crippen LogP contribution in [0.5, 0.6) is 0 Å². The second-order valence-corrected chi connectivity index (χ2v) is 10.4. The second kappa shape index (κ2) is 18.1. The van der Waals surface area contributed by atoms with E-state index in [9.17, 15) is 24.3 Å². The number of esters is 3. The van der Waals surface area contributed by atoms with E-state index in [0.717, 1.165) is 12.0 Å². The van der Waals surface area contributed by atoms with Crippen LogP contribution in [0.2, 0.25) is 0 Å². The van der Waals surface area contributed by atoms with Gasteiger partial charge in [0.05, 0.1) is 6.10 Å². The zero-order valence-electron chi connectivity index (χ0n) is 24.6. The minimum absolute atomic E-state index is 0.0234. The van der Waals surface area contributed by atoms with Gasteiger partial charge in [-0.1, -0.05) is 54.6 Å². The summed E-state index contributed by atoms with van der Waals surface area (Å²) in [6.45, 7) is 6.50. The molecule has 1 aliphatic carbocycles. The van der Waals surface area contributed by atoms with Crippen LogP contribution in [0.15, 0.2) is 54.6 Å². The minimum atomic E-state index is -1.08. The summed E-state index contributed by atoms with van der Waals surface area (Å²) in [6.07, 6.45) is 8.54. The number of aliphatic hydroxyl groups excluding tert-OH is 1. The molecule has 1 aromatic rings.